The van der Waals surface area contributed by atoms with Crippen LogP contribution in [0.1, 0.15) is 11.1 Å². The Morgan fingerprint density at radius 2 is 1.93 bits per heavy atom. The number of ether oxygens (including phenoxy) is 1. The smallest absolute Gasteiger partial charge is 0.233 e. The van der Waals surface area contributed by atoms with Crippen molar-refractivity contribution in [1.29, 1.82) is 0 Å². The minimum atomic E-state index is 0.124. The highest BCUT2D eigenvalue weighted by atomic mass is 32.2. The molecule has 6 nitrogen and oxygen atoms in total. The van der Waals surface area contributed by atoms with Gasteiger partial charge < -0.3 is 9.64 Å². The highest BCUT2D eigenvalue weighted by molar-refractivity contribution is 7.99. The average molecular weight is 380 g/mol. The number of thioether (sulfide) groups is 1. The first kappa shape index (κ1) is 17.6. The third-order valence-electron chi connectivity index (χ3n) is 4.68. The lowest BCUT2D eigenvalue weighted by Crippen LogP contribution is -2.37. The lowest BCUT2D eigenvalue weighted by molar-refractivity contribution is -0.129. The summed E-state index contributed by atoms with van der Waals surface area (Å²) in [5.41, 5.74) is 3.51. The Morgan fingerprint density at radius 1 is 1.15 bits per heavy atom. The van der Waals surface area contributed by atoms with Gasteiger partial charge >= 0.3 is 0 Å². The van der Waals surface area contributed by atoms with Crippen LogP contribution >= 0.6 is 11.8 Å². The van der Waals surface area contributed by atoms with E-state index in [9.17, 15) is 4.79 Å². The first-order chi connectivity index (χ1) is 13.2. The van der Waals surface area contributed by atoms with Crippen LogP contribution in [-0.4, -0.2) is 45.0 Å². The van der Waals surface area contributed by atoms with E-state index in [0.29, 0.717) is 17.5 Å². The molecule has 138 valence electrons. The molecule has 0 aliphatic carbocycles. The van der Waals surface area contributed by atoms with Crippen LogP contribution in [0, 0.1) is 0 Å². The van der Waals surface area contributed by atoms with Crippen LogP contribution in [-0.2, 0) is 17.8 Å². The van der Waals surface area contributed by atoms with Crippen molar-refractivity contribution in [2.45, 2.75) is 18.1 Å². The van der Waals surface area contributed by atoms with Gasteiger partial charge in [0.05, 0.1) is 12.9 Å². The van der Waals surface area contributed by atoms with Crippen molar-refractivity contribution < 1.29 is 9.53 Å². The fourth-order valence-electron chi connectivity index (χ4n) is 3.17. The summed E-state index contributed by atoms with van der Waals surface area (Å²) in [6.45, 7) is 1.45. The summed E-state index contributed by atoms with van der Waals surface area (Å²) in [6.07, 6.45) is 2.57. The van der Waals surface area contributed by atoms with E-state index >= 15 is 0 Å². The lowest BCUT2D eigenvalue weighted by atomic mass is 10.00. The first-order valence-corrected chi connectivity index (χ1v) is 9.75. The molecular formula is C20H20N4O2S. The van der Waals surface area contributed by atoms with E-state index in [1.807, 2.05) is 39.8 Å². The molecule has 1 aromatic heterocycles. The van der Waals surface area contributed by atoms with Gasteiger partial charge in [-0.15, -0.1) is 10.2 Å². The Hall–Kier alpha value is -2.80. The van der Waals surface area contributed by atoms with Gasteiger partial charge in [-0.2, -0.15) is 0 Å². The maximum atomic E-state index is 12.7. The fourth-order valence-corrected chi connectivity index (χ4v) is 4.00. The average Bonchev–Trinajstić information content (AvgIpc) is 3.20. The van der Waals surface area contributed by atoms with Gasteiger partial charge in [0.25, 0.3) is 0 Å². The molecule has 4 rings (SSSR count). The summed E-state index contributed by atoms with van der Waals surface area (Å²) in [4.78, 5) is 14.6. The van der Waals surface area contributed by atoms with Crippen molar-refractivity contribution in [1.82, 2.24) is 19.7 Å². The Bertz CT molecular complexity index is 939. The first-order valence-electron chi connectivity index (χ1n) is 8.76. The number of hydrogen-bond donors (Lipinski definition) is 0. The van der Waals surface area contributed by atoms with E-state index in [2.05, 4.69) is 28.4 Å². The number of carbonyl (C=O) groups is 1. The highest BCUT2D eigenvalue weighted by Crippen LogP contribution is 2.23. The standard InChI is InChI=1S/C20H20N4O2S/c1-26-18-8-6-17(7-9-18)24-14-21-22-20(24)27-13-19(25)23-11-10-15-4-2-3-5-16(15)12-23/h2-9,14H,10-13H2,1H3. The molecule has 7 heteroatoms. The summed E-state index contributed by atoms with van der Waals surface area (Å²) in [7, 11) is 1.64. The molecule has 0 N–H and O–H groups in total. The molecule has 0 saturated heterocycles. The van der Waals surface area contributed by atoms with Gasteiger partial charge in [-0.25, -0.2) is 0 Å². The molecule has 27 heavy (non-hydrogen) atoms. The highest BCUT2D eigenvalue weighted by Gasteiger charge is 2.21. The molecule has 1 aliphatic heterocycles. The number of methoxy groups -OCH3 is 1. The summed E-state index contributed by atoms with van der Waals surface area (Å²) in [6, 6.07) is 16.0. The lowest BCUT2D eigenvalue weighted by Gasteiger charge is -2.28. The molecule has 0 saturated carbocycles. The van der Waals surface area contributed by atoms with Crippen LogP contribution in [0.4, 0.5) is 0 Å². The van der Waals surface area contributed by atoms with Gasteiger partial charge in [0.15, 0.2) is 5.16 Å². The van der Waals surface area contributed by atoms with E-state index in [-0.39, 0.29) is 5.91 Å². The molecule has 0 bridgehead atoms. The molecule has 1 aliphatic rings. The molecule has 0 atom stereocenters. The van der Waals surface area contributed by atoms with E-state index in [1.165, 1.54) is 22.9 Å². The van der Waals surface area contributed by atoms with Crippen molar-refractivity contribution in [3.8, 4) is 11.4 Å². The predicted molar refractivity (Wildman–Crippen MR) is 104 cm³/mol. The van der Waals surface area contributed by atoms with E-state index in [0.717, 1.165) is 24.4 Å². The minimum Gasteiger partial charge on any atom is -0.497 e. The topological polar surface area (TPSA) is 60.2 Å². The number of benzene rings is 2. The summed E-state index contributed by atoms with van der Waals surface area (Å²) >= 11 is 1.41. The minimum absolute atomic E-state index is 0.124. The summed E-state index contributed by atoms with van der Waals surface area (Å²) < 4.78 is 7.07. The third kappa shape index (κ3) is 3.83. The normalized spacial score (nSPS) is 13.3. The molecule has 2 aromatic carbocycles. The number of nitrogens with zero attached hydrogens (tertiary/aromatic N) is 4. The summed E-state index contributed by atoms with van der Waals surface area (Å²) in [5, 5.41) is 8.86. The number of rotatable bonds is 5. The molecule has 0 spiro atoms. The van der Waals surface area contributed by atoms with Crippen LogP contribution in [0.15, 0.2) is 60.0 Å². The molecule has 0 unspecified atom stereocenters. The van der Waals surface area contributed by atoms with Gasteiger partial charge in [0.2, 0.25) is 5.91 Å². The second kappa shape index (κ2) is 7.84. The number of amides is 1. The molecule has 2 heterocycles. The summed E-state index contributed by atoms with van der Waals surface area (Å²) in [5.74, 6) is 1.26. The largest absolute Gasteiger partial charge is 0.497 e. The number of hydrogen-bond acceptors (Lipinski definition) is 5. The maximum Gasteiger partial charge on any atom is 0.233 e. The number of carbonyl (C=O) groups excluding carboxylic acids is 1. The van der Waals surface area contributed by atoms with Gasteiger partial charge in [-0.05, 0) is 41.8 Å². The van der Waals surface area contributed by atoms with Crippen LogP contribution < -0.4 is 4.74 Å². The Balaban J connectivity index is 1.41. The van der Waals surface area contributed by atoms with Crippen molar-refractivity contribution in [3.63, 3.8) is 0 Å². The van der Waals surface area contributed by atoms with Crippen LogP contribution in [0.25, 0.3) is 5.69 Å². The van der Waals surface area contributed by atoms with Crippen LogP contribution in [0.3, 0.4) is 0 Å². The van der Waals surface area contributed by atoms with E-state index < -0.39 is 0 Å². The Labute approximate surface area is 162 Å². The molecule has 0 fully saturated rings. The number of aromatic nitrogens is 3. The van der Waals surface area contributed by atoms with Crippen molar-refractivity contribution in [2.24, 2.45) is 0 Å². The van der Waals surface area contributed by atoms with Gasteiger partial charge in [-0.1, -0.05) is 36.0 Å². The second-order valence-electron chi connectivity index (χ2n) is 6.30. The van der Waals surface area contributed by atoms with Crippen molar-refractivity contribution >= 4 is 17.7 Å². The van der Waals surface area contributed by atoms with Gasteiger partial charge in [-0.3, -0.25) is 9.36 Å². The molecule has 3 aromatic rings. The zero-order chi connectivity index (χ0) is 18.6. The van der Waals surface area contributed by atoms with Crippen LogP contribution in [0.2, 0.25) is 0 Å². The third-order valence-corrected chi connectivity index (χ3v) is 5.60. The number of fused-ring (bicyclic) bond motifs is 1. The zero-order valence-corrected chi connectivity index (χ0v) is 15.9. The SMILES string of the molecule is COc1ccc(-n2cnnc2SCC(=O)N2CCc3ccccc3C2)cc1. The van der Waals surface area contributed by atoms with Gasteiger partial charge in [0, 0.05) is 18.8 Å². The Morgan fingerprint density at radius 3 is 2.70 bits per heavy atom. The predicted octanol–water partition coefficient (Wildman–Crippen LogP) is 2.95. The van der Waals surface area contributed by atoms with E-state index in [1.54, 1.807) is 13.4 Å². The molecule has 0 radical (unpaired) electrons. The van der Waals surface area contributed by atoms with Crippen molar-refractivity contribution in [3.05, 3.63) is 66.0 Å². The van der Waals surface area contributed by atoms with Crippen molar-refractivity contribution in [2.75, 3.05) is 19.4 Å². The van der Waals surface area contributed by atoms with Crippen LogP contribution in [0.5, 0.6) is 5.75 Å². The monoisotopic (exact) mass is 380 g/mol. The van der Waals surface area contributed by atoms with Gasteiger partial charge in [0.1, 0.15) is 12.1 Å². The molecule has 1 amide bonds. The Kier molecular flexibility index (Phi) is 5.11. The zero-order valence-electron chi connectivity index (χ0n) is 15.0. The van der Waals surface area contributed by atoms with E-state index in [4.69, 9.17) is 4.74 Å². The fraction of sp³-hybridized carbons (Fsp3) is 0.250. The molecular weight excluding hydrogens is 360 g/mol. The second-order valence-corrected chi connectivity index (χ2v) is 7.25. The quantitative estimate of drug-likeness (QED) is 0.637. The maximum absolute atomic E-state index is 12.7.